The molecule has 0 atom stereocenters. The third-order valence-electron chi connectivity index (χ3n) is 3.52. The van der Waals surface area contributed by atoms with E-state index in [2.05, 4.69) is 0 Å². The number of halogens is 1. The zero-order chi connectivity index (χ0) is 18.1. The van der Waals surface area contributed by atoms with Crippen LogP contribution in [0.2, 0.25) is 5.02 Å². The van der Waals surface area contributed by atoms with Gasteiger partial charge in [0.15, 0.2) is 0 Å². The number of nitro groups is 1. The van der Waals surface area contributed by atoms with E-state index < -0.39 is 10.9 Å². The molecule has 0 unspecified atom stereocenters. The minimum Gasteiger partial charge on any atom is -0.423 e. The number of esters is 1. The van der Waals surface area contributed by atoms with Gasteiger partial charge in [0.2, 0.25) is 0 Å². The van der Waals surface area contributed by atoms with Gasteiger partial charge in [-0.15, -0.1) is 0 Å². The highest BCUT2D eigenvalue weighted by atomic mass is 35.5. The number of hydrogen-bond donors (Lipinski definition) is 0. The van der Waals surface area contributed by atoms with E-state index in [9.17, 15) is 14.9 Å². The van der Waals surface area contributed by atoms with Gasteiger partial charge in [-0.05, 0) is 30.5 Å². The van der Waals surface area contributed by atoms with E-state index >= 15 is 0 Å². The smallest absolute Gasteiger partial charge is 0.343 e. The Morgan fingerprint density at radius 3 is 2.42 bits per heavy atom. The number of nitrogens with zero attached hydrogens (tertiary/aromatic N) is 1. The molecule has 0 radical (unpaired) electrons. The van der Waals surface area contributed by atoms with Crippen molar-refractivity contribution in [2.24, 2.45) is 0 Å². The number of carbonyl (C=O) groups is 1. The summed E-state index contributed by atoms with van der Waals surface area (Å²) < 4.78 is 5.48. The summed E-state index contributed by atoms with van der Waals surface area (Å²) >= 11 is 5.76. The van der Waals surface area contributed by atoms with Crippen LogP contribution < -0.4 is 4.74 Å². The molecule has 0 spiro atoms. The first-order chi connectivity index (χ1) is 11.1. The van der Waals surface area contributed by atoms with Crippen molar-refractivity contribution >= 4 is 23.3 Å². The van der Waals surface area contributed by atoms with Gasteiger partial charge in [-0.3, -0.25) is 10.1 Å². The number of hydrogen-bond acceptors (Lipinski definition) is 4. The molecule has 0 N–H and O–H groups in total. The van der Waals surface area contributed by atoms with Gasteiger partial charge in [0.25, 0.3) is 5.69 Å². The maximum atomic E-state index is 12.4. The van der Waals surface area contributed by atoms with Crippen LogP contribution in [0, 0.1) is 17.0 Å². The molecule has 0 saturated carbocycles. The van der Waals surface area contributed by atoms with Crippen LogP contribution in [0.3, 0.4) is 0 Å². The minimum atomic E-state index is -0.663. The highest BCUT2D eigenvalue weighted by molar-refractivity contribution is 6.32. The fourth-order valence-electron chi connectivity index (χ4n) is 2.26. The highest BCUT2D eigenvalue weighted by Gasteiger charge is 2.22. The molecule has 0 aromatic heterocycles. The quantitative estimate of drug-likeness (QED) is 0.336. The molecule has 5 nitrogen and oxygen atoms in total. The van der Waals surface area contributed by atoms with Crippen LogP contribution >= 0.6 is 11.6 Å². The second-order valence-corrected chi connectivity index (χ2v) is 6.97. The number of carbonyl (C=O) groups excluding carboxylic acids is 1. The van der Waals surface area contributed by atoms with E-state index in [1.54, 1.807) is 6.07 Å². The fourth-order valence-corrected chi connectivity index (χ4v) is 2.44. The van der Waals surface area contributed by atoms with Crippen molar-refractivity contribution in [2.45, 2.75) is 33.1 Å². The standard InChI is InChI=1S/C18H18ClNO4/c1-11-5-8-16(13(9-11)18(2,3)4)24-17(21)12-6-7-14(19)15(10-12)20(22)23/h5-10H,1-4H3. The van der Waals surface area contributed by atoms with Crippen LogP contribution in [0.1, 0.15) is 42.3 Å². The first-order valence-electron chi connectivity index (χ1n) is 7.37. The summed E-state index contributed by atoms with van der Waals surface area (Å²) in [6.45, 7) is 8.02. The predicted molar refractivity (Wildman–Crippen MR) is 92.9 cm³/mol. The van der Waals surface area contributed by atoms with E-state index in [0.717, 1.165) is 17.2 Å². The summed E-state index contributed by atoms with van der Waals surface area (Å²) in [5.41, 5.74) is 1.48. The molecule has 24 heavy (non-hydrogen) atoms. The molecule has 2 aromatic rings. The van der Waals surface area contributed by atoms with E-state index in [1.807, 2.05) is 39.8 Å². The highest BCUT2D eigenvalue weighted by Crippen LogP contribution is 2.33. The lowest BCUT2D eigenvalue weighted by Gasteiger charge is -2.22. The lowest BCUT2D eigenvalue weighted by atomic mass is 9.85. The molecule has 0 aliphatic carbocycles. The number of nitro benzene ring substituents is 1. The third kappa shape index (κ3) is 3.92. The van der Waals surface area contributed by atoms with Gasteiger partial charge in [0.05, 0.1) is 10.5 Å². The molecule has 0 fully saturated rings. The van der Waals surface area contributed by atoms with Crippen LogP contribution in [0.25, 0.3) is 0 Å². The lowest BCUT2D eigenvalue weighted by molar-refractivity contribution is -0.384. The molecule has 0 aliphatic heterocycles. The Labute approximate surface area is 145 Å². The summed E-state index contributed by atoms with van der Waals surface area (Å²) in [5.74, 6) is -0.222. The Hall–Kier alpha value is -2.40. The van der Waals surface area contributed by atoms with Crippen LogP contribution in [0.4, 0.5) is 5.69 Å². The Morgan fingerprint density at radius 1 is 1.17 bits per heavy atom. The van der Waals surface area contributed by atoms with Gasteiger partial charge in [0.1, 0.15) is 10.8 Å². The summed E-state index contributed by atoms with van der Waals surface area (Å²) in [5, 5.41) is 10.9. The molecule has 2 aromatic carbocycles. The minimum absolute atomic E-state index is 0.0257. The Bertz CT molecular complexity index is 809. The summed E-state index contributed by atoms with van der Waals surface area (Å²) in [4.78, 5) is 22.7. The van der Waals surface area contributed by atoms with Gasteiger partial charge in [-0.25, -0.2) is 4.79 Å². The molecule has 0 heterocycles. The summed E-state index contributed by atoms with van der Waals surface area (Å²) in [6, 6.07) is 9.39. The molecule has 2 rings (SSSR count). The van der Waals surface area contributed by atoms with Gasteiger partial charge >= 0.3 is 5.97 Å². The Morgan fingerprint density at radius 2 is 1.83 bits per heavy atom. The number of aryl methyl sites for hydroxylation is 1. The van der Waals surface area contributed by atoms with E-state index in [0.29, 0.717) is 5.75 Å². The van der Waals surface area contributed by atoms with Crippen molar-refractivity contribution in [3.05, 3.63) is 68.2 Å². The van der Waals surface area contributed by atoms with Crippen molar-refractivity contribution in [2.75, 3.05) is 0 Å². The van der Waals surface area contributed by atoms with Crippen molar-refractivity contribution < 1.29 is 14.5 Å². The monoisotopic (exact) mass is 347 g/mol. The maximum Gasteiger partial charge on any atom is 0.343 e. The SMILES string of the molecule is Cc1ccc(OC(=O)c2ccc(Cl)c([N+](=O)[O-])c2)c(C(C)(C)C)c1. The maximum absolute atomic E-state index is 12.4. The van der Waals surface area contributed by atoms with Crippen molar-refractivity contribution in [1.29, 1.82) is 0 Å². The molecular weight excluding hydrogens is 330 g/mol. The zero-order valence-corrected chi connectivity index (χ0v) is 14.7. The molecule has 0 bridgehead atoms. The predicted octanol–water partition coefficient (Wildman–Crippen LogP) is 5.07. The molecule has 0 aliphatic rings. The average molecular weight is 348 g/mol. The van der Waals surface area contributed by atoms with E-state index in [-0.39, 0.29) is 21.7 Å². The van der Waals surface area contributed by atoms with E-state index in [4.69, 9.17) is 16.3 Å². The average Bonchev–Trinajstić information content (AvgIpc) is 2.48. The zero-order valence-electron chi connectivity index (χ0n) is 13.9. The van der Waals surface area contributed by atoms with Crippen LogP contribution in [-0.2, 0) is 5.41 Å². The van der Waals surface area contributed by atoms with Gasteiger partial charge in [-0.2, -0.15) is 0 Å². The second-order valence-electron chi connectivity index (χ2n) is 6.56. The molecule has 6 heteroatoms. The molecule has 0 saturated heterocycles. The largest absolute Gasteiger partial charge is 0.423 e. The van der Waals surface area contributed by atoms with Gasteiger partial charge in [0, 0.05) is 11.6 Å². The van der Waals surface area contributed by atoms with Crippen LogP contribution in [-0.4, -0.2) is 10.9 Å². The number of ether oxygens (including phenoxy) is 1. The Balaban J connectivity index is 2.38. The van der Waals surface area contributed by atoms with Crippen molar-refractivity contribution in [3.8, 4) is 5.75 Å². The lowest BCUT2D eigenvalue weighted by Crippen LogP contribution is -2.16. The van der Waals surface area contributed by atoms with Crippen molar-refractivity contribution in [3.63, 3.8) is 0 Å². The van der Waals surface area contributed by atoms with Crippen LogP contribution in [0.15, 0.2) is 36.4 Å². The summed E-state index contributed by atoms with van der Waals surface area (Å²) in [7, 11) is 0. The molecule has 0 amide bonds. The number of rotatable bonds is 3. The van der Waals surface area contributed by atoms with E-state index in [1.165, 1.54) is 12.1 Å². The normalized spacial score (nSPS) is 11.2. The third-order valence-corrected chi connectivity index (χ3v) is 3.84. The fraction of sp³-hybridized carbons (Fsp3) is 0.278. The first-order valence-corrected chi connectivity index (χ1v) is 7.74. The Kier molecular flexibility index (Phi) is 4.94. The van der Waals surface area contributed by atoms with Crippen LogP contribution in [0.5, 0.6) is 5.75 Å². The van der Waals surface area contributed by atoms with Gasteiger partial charge in [-0.1, -0.05) is 50.1 Å². The second kappa shape index (κ2) is 6.61. The van der Waals surface area contributed by atoms with Crippen molar-refractivity contribution in [1.82, 2.24) is 0 Å². The molecule has 126 valence electrons. The van der Waals surface area contributed by atoms with Gasteiger partial charge < -0.3 is 4.74 Å². The topological polar surface area (TPSA) is 69.4 Å². The first kappa shape index (κ1) is 17.9. The summed E-state index contributed by atoms with van der Waals surface area (Å²) in [6.07, 6.45) is 0. The number of benzene rings is 2. The molecular formula is C18H18ClNO4.